The number of hydrogen-bond acceptors (Lipinski definition) is 2. The van der Waals surface area contributed by atoms with Crippen molar-refractivity contribution < 1.29 is 9.47 Å². The van der Waals surface area contributed by atoms with Gasteiger partial charge in [0.2, 0.25) is 0 Å². The summed E-state index contributed by atoms with van der Waals surface area (Å²) in [6, 6.07) is 0. The summed E-state index contributed by atoms with van der Waals surface area (Å²) in [5, 5.41) is 0. The van der Waals surface area contributed by atoms with Crippen molar-refractivity contribution in [1.82, 2.24) is 0 Å². The van der Waals surface area contributed by atoms with Gasteiger partial charge in [-0.1, -0.05) is 55.4 Å². The van der Waals surface area contributed by atoms with Crippen LogP contribution in [-0.4, -0.2) is 26.4 Å². The van der Waals surface area contributed by atoms with Gasteiger partial charge in [-0.15, -0.1) is 0 Å². The first-order valence-electron chi connectivity index (χ1n) is 11.0. The van der Waals surface area contributed by atoms with E-state index in [0.717, 1.165) is 11.8 Å². The summed E-state index contributed by atoms with van der Waals surface area (Å²) in [5.74, 6) is 4.04. The Morgan fingerprint density at radius 1 is 0.577 bits per heavy atom. The molecule has 0 aliphatic heterocycles. The number of hydrogen-bond donors (Lipinski definition) is 0. The lowest BCUT2D eigenvalue weighted by Gasteiger charge is -2.54. The first-order valence-corrected chi connectivity index (χ1v) is 11.0. The van der Waals surface area contributed by atoms with Gasteiger partial charge in [0.25, 0.3) is 0 Å². The van der Waals surface area contributed by atoms with E-state index in [0.29, 0.717) is 46.7 Å². The average Bonchev–Trinajstić information content (AvgIpc) is 2.51. The normalized spacial score (nSPS) is 42.7. The van der Waals surface area contributed by atoms with E-state index in [2.05, 4.69) is 55.4 Å². The van der Waals surface area contributed by atoms with Crippen LogP contribution in [0.4, 0.5) is 0 Å². The molecule has 0 radical (unpaired) electrons. The van der Waals surface area contributed by atoms with Crippen LogP contribution in [0.15, 0.2) is 0 Å². The lowest BCUT2D eigenvalue weighted by molar-refractivity contribution is -0.145. The Bertz CT molecular complexity index is 402. The van der Waals surface area contributed by atoms with Crippen molar-refractivity contribution in [3.63, 3.8) is 0 Å². The minimum atomic E-state index is 0.292. The van der Waals surface area contributed by atoms with Crippen molar-refractivity contribution in [2.75, 3.05) is 14.2 Å². The molecular weight excluding hydrogens is 320 g/mol. The molecule has 26 heavy (non-hydrogen) atoms. The van der Waals surface area contributed by atoms with Gasteiger partial charge in [0.15, 0.2) is 0 Å². The van der Waals surface area contributed by atoms with Crippen molar-refractivity contribution in [2.45, 2.75) is 93.3 Å². The van der Waals surface area contributed by atoms with E-state index in [4.69, 9.17) is 9.47 Å². The monoisotopic (exact) mass is 366 g/mol. The summed E-state index contributed by atoms with van der Waals surface area (Å²) in [6.45, 7) is 19.3. The molecule has 0 bridgehead atoms. The fourth-order valence-electron chi connectivity index (χ4n) is 6.33. The van der Waals surface area contributed by atoms with E-state index in [1.54, 1.807) is 0 Å². The Morgan fingerprint density at radius 3 is 1.12 bits per heavy atom. The topological polar surface area (TPSA) is 18.5 Å². The molecule has 0 heterocycles. The molecule has 0 aromatic heterocycles. The second kappa shape index (κ2) is 8.11. The molecule has 2 rings (SSSR count). The molecule has 2 heteroatoms. The summed E-state index contributed by atoms with van der Waals surface area (Å²) >= 11 is 0. The van der Waals surface area contributed by atoms with Crippen molar-refractivity contribution in [1.29, 1.82) is 0 Å². The van der Waals surface area contributed by atoms with Crippen LogP contribution in [0.5, 0.6) is 0 Å². The molecule has 2 aliphatic carbocycles. The summed E-state index contributed by atoms with van der Waals surface area (Å²) in [7, 11) is 3.89. The number of ether oxygens (including phenoxy) is 2. The fourth-order valence-corrected chi connectivity index (χ4v) is 6.33. The van der Waals surface area contributed by atoms with Gasteiger partial charge in [0.1, 0.15) is 0 Å². The fraction of sp³-hybridized carbons (Fsp3) is 1.00. The number of rotatable bonds is 3. The lowest BCUT2D eigenvalue weighted by atomic mass is 9.55. The predicted molar refractivity (Wildman–Crippen MR) is 111 cm³/mol. The zero-order valence-electron chi connectivity index (χ0n) is 19.3. The highest BCUT2D eigenvalue weighted by molar-refractivity contribution is 5.00. The molecule has 0 spiro atoms. The SMILES string of the molecule is COC1C(C2CC(C)CC(C(C)(C)C)C2OC)CC(C)CC1C(C)(C)C. The van der Waals surface area contributed by atoms with E-state index < -0.39 is 0 Å². The molecule has 0 aromatic carbocycles. The maximum absolute atomic E-state index is 6.24. The van der Waals surface area contributed by atoms with Gasteiger partial charge in [-0.3, -0.25) is 0 Å². The molecule has 0 saturated heterocycles. The smallest absolute Gasteiger partial charge is 0.0636 e. The highest BCUT2D eigenvalue weighted by atomic mass is 16.5. The maximum atomic E-state index is 6.24. The minimum Gasteiger partial charge on any atom is -0.381 e. The van der Waals surface area contributed by atoms with E-state index in [9.17, 15) is 0 Å². The average molecular weight is 367 g/mol. The number of methoxy groups -OCH3 is 2. The van der Waals surface area contributed by atoms with Crippen molar-refractivity contribution >= 4 is 0 Å². The first kappa shape index (κ1) is 22.2. The van der Waals surface area contributed by atoms with Gasteiger partial charge in [0.05, 0.1) is 12.2 Å². The Morgan fingerprint density at radius 2 is 0.885 bits per heavy atom. The van der Waals surface area contributed by atoms with Crippen LogP contribution in [0.3, 0.4) is 0 Å². The van der Waals surface area contributed by atoms with Crippen molar-refractivity contribution in [2.24, 2.45) is 46.3 Å². The summed E-state index contributed by atoms with van der Waals surface area (Å²) in [6.07, 6.45) is 5.89. The van der Waals surface area contributed by atoms with Crippen LogP contribution in [0.2, 0.25) is 0 Å². The minimum absolute atomic E-state index is 0.292. The summed E-state index contributed by atoms with van der Waals surface area (Å²) < 4.78 is 12.5. The quantitative estimate of drug-likeness (QED) is 0.572. The van der Waals surface area contributed by atoms with Gasteiger partial charge >= 0.3 is 0 Å². The summed E-state index contributed by atoms with van der Waals surface area (Å²) in [5.41, 5.74) is 0.583. The largest absolute Gasteiger partial charge is 0.381 e. The molecule has 2 saturated carbocycles. The van der Waals surface area contributed by atoms with Gasteiger partial charge < -0.3 is 9.47 Å². The molecule has 0 N–H and O–H groups in total. The van der Waals surface area contributed by atoms with Gasteiger partial charge in [-0.05, 0) is 72.0 Å². The Labute approximate surface area is 163 Å². The Balaban J connectivity index is 2.37. The Kier molecular flexibility index (Phi) is 6.93. The standard InChI is InChI=1S/C24H46O2/c1-15-11-17(21(25-9)19(13-15)23(3,4)5)18-12-16(2)14-20(22(18)26-10)24(6,7)8/h15-22H,11-14H2,1-10H3. The van der Waals surface area contributed by atoms with Crippen LogP contribution in [0.1, 0.15) is 81.1 Å². The zero-order chi connectivity index (χ0) is 19.9. The van der Waals surface area contributed by atoms with Crippen LogP contribution < -0.4 is 0 Å². The van der Waals surface area contributed by atoms with Crippen LogP contribution in [0, 0.1) is 46.3 Å². The molecule has 0 aromatic rings. The third-order valence-corrected chi connectivity index (χ3v) is 7.62. The van der Waals surface area contributed by atoms with E-state index in [1.807, 2.05) is 14.2 Å². The second-order valence-corrected chi connectivity index (χ2v) is 11.8. The van der Waals surface area contributed by atoms with Crippen LogP contribution >= 0.6 is 0 Å². The van der Waals surface area contributed by atoms with E-state index >= 15 is 0 Å². The zero-order valence-corrected chi connectivity index (χ0v) is 19.3. The highest BCUT2D eigenvalue weighted by Gasteiger charge is 2.51. The lowest BCUT2D eigenvalue weighted by Crippen LogP contribution is -2.53. The van der Waals surface area contributed by atoms with E-state index in [1.165, 1.54) is 25.7 Å². The van der Waals surface area contributed by atoms with Crippen molar-refractivity contribution in [3.8, 4) is 0 Å². The van der Waals surface area contributed by atoms with Gasteiger partial charge in [-0.2, -0.15) is 0 Å². The third-order valence-electron chi connectivity index (χ3n) is 7.62. The maximum Gasteiger partial charge on any atom is 0.0636 e. The molecule has 2 nitrogen and oxygen atoms in total. The molecular formula is C24H46O2. The first-order chi connectivity index (χ1) is 11.9. The predicted octanol–water partition coefficient (Wildman–Crippen LogP) is 6.43. The van der Waals surface area contributed by atoms with Gasteiger partial charge in [0, 0.05) is 14.2 Å². The van der Waals surface area contributed by atoms with Crippen molar-refractivity contribution in [3.05, 3.63) is 0 Å². The van der Waals surface area contributed by atoms with E-state index in [-0.39, 0.29) is 0 Å². The molecule has 8 unspecified atom stereocenters. The molecule has 2 fully saturated rings. The Hall–Kier alpha value is -0.0800. The van der Waals surface area contributed by atoms with Crippen LogP contribution in [0.25, 0.3) is 0 Å². The van der Waals surface area contributed by atoms with Gasteiger partial charge in [-0.25, -0.2) is 0 Å². The summed E-state index contributed by atoms with van der Waals surface area (Å²) in [4.78, 5) is 0. The molecule has 0 amide bonds. The molecule has 2 aliphatic rings. The third kappa shape index (κ3) is 4.66. The van der Waals surface area contributed by atoms with Crippen LogP contribution in [-0.2, 0) is 9.47 Å². The molecule has 8 atom stereocenters. The molecule has 154 valence electrons. The second-order valence-electron chi connectivity index (χ2n) is 11.8. The highest BCUT2D eigenvalue weighted by Crippen LogP contribution is 2.53.